The Kier molecular flexibility index (Phi) is 4.37. The van der Waals surface area contributed by atoms with Crippen LogP contribution in [-0.2, 0) is 0 Å². The lowest BCUT2D eigenvalue weighted by atomic mass is 9.82. The summed E-state index contributed by atoms with van der Waals surface area (Å²) in [6.45, 7) is 0. The second kappa shape index (κ2) is 7.01. The lowest BCUT2D eigenvalue weighted by molar-refractivity contribution is -0.385. The molecule has 3 aromatic rings. The Hall–Kier alpha value is -4.32. The zero-order valence-corrected chi connectivity index (χ0v) is 15.2. The van der Waals surface area contributed by atoms with Gasteiger partial charge in [-0.3, -0.25) is 15.2 Å². The number of aromatic nitrogens is 2. The highest BCUT2D eigenvalue weighted by atomic mass is 16.6. The minimum atomic E-state index is -0.804. The van der Waals surface area contributed by atoms with Crippen LogP contribution in [0.15, 0.2) is 60.0 Å². The molecule has 0 bridgehead atoms. The molecule has 1 aliphatic rings. The van der Waals surface area contributed by atoms with Crippen LogP contribution in [0.25, 0.3) is 11.3 Å². The van der Waals surface area contributed by atoms with Crippen LogP contribution in [0.5, 0.6) is 11.6 Å². The minimum Gasteiger partial charge on any atom is -0.497 e. The van der Waals surface area contributed by atoms with E-state index in [9.17, 15) is 15.4 Å². The third-order valence-electron chi connectivity index (χ3n) is 4.76. The number of nitrogens with two attached hydrogens (primary N) is 1. The van der Waals surface area contributed by atoms with Gasteiger partial charge in [-0.25, -0.2) is 0 Å². The molecule has 144 valence electrons. The quantitative estimate of drug-likeness (QED) is 0.515. The summed E-state index contributed by atoms with van der Waals surface area (Å²) in [6, 6.07) is 15.5. The third-order valence-corrected chi connectivity index (χ3v) is 4.76. The summed E-state index contributed by atoms with van der Waals surface area (Å²) in [5.74, 6) is -0.0805. The average molecular weight is 389 g/mol. The van der Waals surface area contributed by atoms with E-state index in [4.69, 9.17) is 15.2 Å². The smallest absolute Gasteiger partial charge is 0.273 e. The highest BCUT2D eigenvalue weighted by molar-refractivity contribution is 5.72. The number of nitrogens with one attached hydrogen (secondary N) is 1. The molecule has 4 rings (SSSR count). The lowest BCUT2D eigenvalue weighted by Crippen LogP contribution is -2.21. The van der Waals surface area contributed by atoms with Crippen LogP contribution in [0.2, 0.25) is 0 Å². The second-order valence-electron chi connectivity index (χ2n) is 6.29. The van der Waals surface area contributed by atoms with Crippen LogP contribution in [0.3, 0.4) is 0 Å². The normalized spacial score (nSPS) is 15.2. The van der Waals surface area contributed by atoms with Crippen molar-refractivity contribution >= 4 is 5.69 Å². The van der Waals surface area contributed by atoms with E-state index in [0.717, 1.165) is 5.56 Å². The number of allylic oxidation sites excluding steroid dienone is 1. The van der Waals surface area contributed by atoms with Gasteiger partial charge in [0.2, 0.25) is 11.8 Å². The van der Waals surface area contributed by atoms with Crippen molar-refractivity contribution in [3.05, 3.63) is 81.2 Å². The first-order chi connectivity index (χ1) is 14.0. The molecule has 1 aromatic heterocycles. The maximum absolute atomic E-state index is 11.6. The van der Waals surface area contributed by atoms with E-state index in [-0.39, 0.29) is 23.0 Å². The van der Waals surface area contributed by atoms with Crippen molar-refractivity contribution < 1.29 is 14.4 Å². The molecule has 3 N–H and O–H groups in total. The number of methoxy groups -OCH3 is 1. The Bertz CT molecular complexity index is 1170. The predicted octanol–water partition coefficient (Wildman–Crippen LogP) is 3.21. The monoisotopic (exact) mass is 389 g/mol. The van der Waals surface area contributed by atoms with Gasteiger partial charge < -0.3 is 15.2 Å². The van der Waals surface area contributed by atoms with Crippen LogP contribution >= 0.6 is 0 Å². The van der Waals surface area contributed by atoms with Gasteiger partial charge in [0.15, 0.2) is 0 Å². The Labute approximate surface area is 165 Å². The molecule has 9 heteroatoms. The summed E-state index contributed by atoms with van der Waals surface area (Å²) in [7, 11) is 1.57. The standard InChI is InChI=1S/C20H15N5O4/c1-28-12-8-6-11(7-9-12)18-17-16(13-4-2-3-5-15(13)25(26)27)14(10-21)19(22)29-20(17)24-23-18/h2-9,16H,22H2,1H3,(H,23,24)/t16-/m1/s1. The third kappa shape index (κ3) is 2.93. The average Bonchev–Trinajstić information content (AvgIpc) is 3.16. The largest absolute Gasteiger partial charge is 0.497 e. The molecule has 0 radical (unpaired) electrons. The summed E-state index contributed by atoms with van der Waals surface area (Å²) >= 11 is 0. The fourth-order valence-electron chi connectivity index (χ4n) is 3.43. The van der Waals surface area contributed by atoms with E-state index < -0.39 is 10.8 Å². The van der Waals surface area contributed by atoms with Crippen LogP contribution in [0, 0.1) is 21.4 Å². The number of fused-ring (bicyclic) bond motifs is 1. The second-order valence-corrected chi connectivity index (χ2v) is 6.29. The molecule has 0 unspecified atom stereocenters. The minimum absolute atomic E-state index is 0.0861. The first-order valence-corrected chi connectivity index (χ1v) is 8.58. The summed E-state index contributed by atoms with van der Waals surface area (Å²) in [5, 5.41) is 28.4. The van der Waals surface area contributed by atoms with Crippen molar-refractivity contribution in [3.8, 4) is 29.0 Å². The van der Waals surface area contributed by atoms with E-state index in [2.05, 4.69) is 10.2 Å². The molecule has 0 aliphatic carbocycles. The Morgan fingerprint density at radius 3 is 2.66 bits per heavy atom. The van der Waals surface area contributed by atoms with Crippen molar-refractivity contribution in [2.24, 2.45) is 5.73 Å². The zero-order valence-electron chi connectivity index (χ0n) is 15.2. The molecule has 2 heterocycles. The molecule has 0 spiro atoms. The van der Waals surface area contributed by atoms with Crippen molar-refractivity contribution in [3.63, 3.8) is 0 Å². The number of rotatable bonds is 4. The SMILES string of the molecule is COc1ccc(-c2[nH]nc3c2[C@H](c2ccccc2[N+](=O)[O-])C(C#N)=C(N)O3)cc1. The number of nitro groups is 1. The molecular formula is C20H15N5O4. The fraction of sp³-hybridized carbons (Fsp3) is 0.100. The van der Waals surface area contributed by atoms with Gasteiger partial charge >= 0.3 is 0 Å². The maximum Gasteiger partial charge on any atom is 0.273 e. The number of ether oxygens (including phenoxy) is 2. The van der Waals surface area contributed by atoms with Gasteiger partial charge in [-0.05, 0) is 24.3 Å². The molecule has 0 saturated heterocycles. The number of para-hydroxylation sites is 1. The topological polar surface area (TPSA) is 140 Å². The first kappa shape index (κ1) is 18.1. The molecule has 9 nitrogen and oxygen atoms in total. The van der Waals surface area contributed by atoms with Crippen molar-refractivity contribution in [1.29, 1.82) is 5.26 Å². The molecule has 0 fully saturated rings. The summed E-state index contributed by atoms with van der Waals surface area (Å²) in [6.07, 6.45) is 0. The Morgan fingerprint density at radius 2 is 2.00 bits per heavy atom. The predicted molar refractivity (Wildman–Crippen MR) is 103 cm³/mol. The molecule has 1 aliphatic heterocycles. The summed E-state index contributed by atoms with van der Waals surface area (Å²) in [4.78, 5) is 11.1. The number of nitriles is 1. The Balaban J connectivity index is 1.96. The maximum atomic E-state index is 11.6. The zero-order chi connectivity index (χ0) is 20.5. The molecule has 2 aromatic carbocycles. The lowest BCUT2D eigenvalue weighted by Gasteiger charge is -2.23. The number of nitrogens with zero attached hydrogens (tertiary/aromatic N) is 3. The van der Waals surface area contributed by atoms with Gasteiger partial charge in [0.05, 0.1) is 29.2 Å². The van der Waals surface area contributed by atoms with Crippen molar-refractivity contribution in [2.45, 2.75) is 5.92 Å². The van der Waals surface area contributed by atoms with Gasteiger partial charge in [-0.15, -0.1) is 5.10 Å². The highest BCUT2D eigenvalue weighted by Gasteiger charge is 2.38. The fourth-order valence-corrected chi connectivity index (χ4v) is 3.43. The van der Waals surface area contributed by atoms with E-state index in [1.807, 2.05) is 18.2 Å². The summed E-state index contributed by atoms with van der Waals surface area (Å²) < 4.78 is 10.7. The van der Waals surface area contributed by atoms with Gasteiger partial charge in [0.25, 0.3) is 5.69 Å². The number of H-pyrrole nitrogens is 1. The van der Waals surface area contributed by atoms with Crippen molar-refractivity contribution in [1.82, 2.24) is 10.2 Å². The van der Waals surface area contributed by atoms with Crippen LogP contribution in [0.1, 0.15) is 17.0 Å². The molecule has 0 amide bonds. The Morgan fingerprint density at radius 1 is 1.28 bits per heavy atom. The number of hydrogen-bond donors (Lipinski definition) is 2. The van der Waals surface area contributed by atoms with Crippen LogP contribution in [-0.4, -0.2) is 22.2 Å². The number of nitro benzene ring substituents is 1. The van der Waals surface area contributed by atoms with Crippen LogP contribution < -0.4 is 15.2 Å². The molecule has 1 atom stereocenters. The van der Waals surface area contributed by atoms with Crippen molar-refractivity contribution in [2.75, 3.05) is 7.11 Å². The molecule has 0 saturated carbocycles. The van der Waals surface area contributed by atoms with E-state index >= 15 is 0 Å². The van der Waals surface area contributed by atoms with Gasteiger partial charge in [-0.2, -0.15) is 5.26 Å². The highest BCUT2D eigenvalue weighted by Crippen LogP contribution is 2.47. The number of benzene rings is 2. The number of aromatic amines is 1. The molecular weight excluding hydrogens is 374 g/mol. The number of hydrogen-bond acceptors (Lipinski definition) is 7. The van der Waals surface area contributed by atoms with Crippen LogP contribution in [0.4, 0.5) is 5.69 Å². The van der Waals surface area contributed by atoms with E-state index in [1.165, 1.54) is 6.07 Å². The van der Waals surface area contributed by atoms with Gasteiger partial charge in [0, 0.05) is 17.2 Å². The van der Waals surface area contributed by atoms with E-state index in [1.54, 1.807) is 37.4 Å². The first-order valence-electron chi connectivity index (χ1n) is 8.58. The summed E-state index contributed by atoms with van der Waals surface area (Å²) in [5.41, 5.74) is 8.08. The van der Waals surface area contributed by atoms with Gasteiger partial charge in [0.1, 0.15) is 17.4 Å². The van der Waals surface area contributed by atoms with E-state index in [0.29, 0.717) is 22.6 Å². The molecule has 29 heavy (non-hydrogen) atoms. The van der Waals surface area contributed by atoms with Gasteiger partial charge in [-0.1, -0.05) is 18.2 Å².